The number of fused-ring (bicyclic) bond motifs is 1. The van der Waals surface area contributed by atoms with Crippen molar-refractivity contribution >= 4 is 56.6 Å². The lowest BCUT2D eigenvalue weighted by atomic mass is 10.3. The number of rotatable bonds is 7. The van der Waals surface area contributed by atoms with Gasteiger partial charge in [0.2, 0.25) is 5.91 Å². The van der Waals surface area contributed by atoms with E-state index in [1.54, 1.807) is 41.7 Å². The minimum Gasteiger partial charge on any atom is -0.334 e. The molecule has 0 fully saturated rings. The molecule has 0 saturated heterocycles. The van der Waals surface area contributed by atoms with Crippen LogP contribution in [0, 0.1) is 0 Å². The number of aromatic nitrogens is 1. The molecule has 3 amide bonds. The van der Waals surface area contributed by atoms with Crippen LogP contribution in [0.3, 0.4) is 0 Å². The maximum absolute atomic E-state index is 12.1. The highest BCUT2D eigenvalue weighted by Crippen LogP contribution is 2.29. The first-order valence-electron chi connectivity index (χ1n) is 8.18. The summed E-state index contributed by atoms with van der Waals surface area (Å²) in [6.07, 6.45) is 1.60. The molecule has 27 heavy (non-hydrogen) atoms. The number of amides is 3. The van der Waals surface area contributed by atoms with E-state index in [-0.39, 0.29) is 17.7 Å². The number of para-hydroxylation sites is 1. The molecule has 3 N–H and O–H groups in total. The van der Waals surface area contributed by atoms with Gasteiger partial charge in [0.15, 0.2) is 4.34 Å². The molecule has 0 aliphatic heterocycles. The molecule has 0 aliphatic carbocycles. The quantitative estimate of drug-likeness (QED) is 0.408. The molecule has 0 atom stereocenters. The number of hydrogen-bond donors (Lipinski definition) is 3. The first-order chi connectivity index (χ1) is 13.1. The van der Waals surface area contributed by atoms with Crippen LogP contribution in [0.1, 0.15) is 0 Å². The van der Waals surface area contributed by atoms with Crippen molar-refractivity contribution in [2.24, 2.45) is 0 Å². The smallest absolute Gasteiger partial charge is 0.319 e. The predicted molar refractivity (Wildman–Crippen MR) is 113 cm³/mol. The van der Waals surface area contributed by atoms with Crippen LogP contribution in [0.5, 0.6) is 0 Å². The molecule has 0 spiro atoms. The minimum atomic E-state index is -0.307. The number of nitrogens with one attached hydrogen (secondary N) is 3. The van der Waals surface area contributed by atoms with Gasteiger partial charge in [-0.3, -0.25) is 4.79 Å². The number of carbonyl (C=O) groups is 2. The maximum atomic E-state index is 12.1. The zero-order valence-corrected chi connectivity index (χ0v) is 16.0. The van der Waals surface area contributed by atoms with Gasteiger partial charge in [0.1, 0.15) is 0 Å². The van der Waals surface area contributed by atoms with E-state index in [0.29, 0.717) is 17.9 Å². The highest BCUT2D eigenvalue weighted by Gasteiger charge is 2.08. The van der Waals surface area contributed by atoms with Crippen LogP contribution in [-0.2, 0) is 4.79 Å². The Morgan fingerprint density at radius 2 is 1.78 bits per heavy atom. The molecule has 138 valence electrons. The number of anilines is 2. The lowest BCUT2D eigenvalue weighted by Gasteiger charge is -2.08. The lowest BCUT2D eigenvalue weighted by Crippen LogP contribution is -2.28. The molecule has 8 heteroatoms. The number of urea groups is 1. The topological polar surface area (TPSA) is 83.1 Å². The molecule has 3 rings (SSSR count). The average molecular weight is 399 g/mol. The zero-order valence-electron chi connectivity index (χ0n) is 14.4. The molecule has 1 heterocycles. The molecule has 0 saturated carbocycles. The number of thioether (sulfide) groups is 1. The molecular weight excluding hydrogens is 380 g/mol. The van der Waals surface area contributed by atoms with Crippen molar-refractivity contribution in [3.63, 3.8) is 0 Å². The summed E-state index contributed by atoms with van der Waals surface area (Å²) in [5.41, 5.74) is 2.26. The normalized spacial score (nSPS) is 10.4. The van der Waals surface area contributed by atoms with E-state index in [4.69, 9.17) is 0 Å². The fourth-order valence-electron chi connectivity index (χ4n) is 2.21. The summed E-state index contributed by atoms with van der Waals surface area (Å²) in [5.74, 6) is 0.174. The van der Waals surface area contributed by atoms with E-state index in [9.17, 15) is 9.59 Å². The molecule has 1 aromatic heterocycles. The number of nitrogens with zero attached hydrogens (tertiary/aromatic N) is 1. The van der Waals surface area contributed by atoms with Crippen LogP contribution < -0.4 is 16.0 Å². The molecule has 2 aromatic carbocycles. The van der Waals surface area contributed by atoms with Gasteiger partial charge < -0.3 is 16.0 Å². The third kappa shape index (κ3) is 5.57. The first-order valence-corrected chi connectivity index (χ1v) is 9.98. The predicted octanol–water partition coefficient (Wildman–Crippen LogP) is 4.33. The Bertz CT molecular complexity index is 921. The highest BCUT2D eigenvalue weighted by atomic mass is 32.2. The van der Waals surface area contributed by atoms with Crippen molar-refractivity contribution in [2.45, 2.75) is 4.34 Å². The fourth-order valence-corrected chi connectivity index (χ4v) is 4.08. The van der Waals surface area contributed by atoms with E-state index in [2.05, 4.69) is 27.5 Å². The number of hydrogen-bond acceptors (Lipinski definition) is 5. The van der Waals surface area contributed by atoms with E-state index in [1.165, 1.54) is 11.8 Å². The van der Waals surface area contributed by atoms with Crippen LogP contribution >= 0.6 is 23.1 Å². The second-order valence-corrected chi connectivity index (χ2v) is 7.74. The van der Waals surface area contributed by atoms with E-state index >= 15 is 0 Å². The van der Waals surface area contributed by atoms with Crippen molar-refractivity contribution in [3.05, 3.63) is 61.2 Å². The van der Waals surface area contributed by atoms with Gasteiger partial charge >= 0.3 is 6.03 Å². The van der Waals surface area contributed by atoms with Crippen molar-refractivity contribution < 1.29 is 9.59 Å². The summed E-state index contributed by atoms with van der Waals surface area (Å²) in [6, 6.07) is 14.5. The summed E-state index contributed by atoms with van der Waals surface area (Å²) in [7, 11) is 0. The van der Waals surface area contributed by atoms with Crippen LogP contribution in [0.15, 0.2) is 65.5 Å². The van der Waals surface area contributed by atoms with Gasteiger partial charge in [-0.2, -0.15) is 0 Å². The number of benzene rings is 2. The fraction of sp³-hybridized carbons (Fsp3) is 0.105. The third-order valence-corrected chi connectivity index (χ3v) is 5.61. The van der Waals surface area contributed by atoms with Gasteiger partial charge in [-0.1, -0.05) is 30.0 Å². The van der Waals surface area contributed by atoms with Crippen LogP contribution in [0.25, 0.3) is 10.2 Å². The van der Waals surface area contributed by atoms with E-state index in [1.807, 2.05) is 24.3 Å². The van der Waals surface area contributed by atoms with Gasteiger partial charge in [-0.25, -0.2) is 9.78 Å². The highest BCUT2D eigenvalue weighted by molar-refractivity contribution is 8.01. The molecule has 0 bridgehead atoms. The van der Waals surface area contributed by atoms with E-state index < -0.39 is 0 Å². The van der Waals surface area contributed by atoms with E-state index in [0.717, 1.165) is 14.6 Å². The van der Waals surface area contributed by atoms with Gasteiger partial charge in [0.25, 0.3) is 0 Å². The first kappa shape index (κ1) is 18.9. The van der Waals surface area contributed by atoms with Gasteiger partial charge in [0.05, 0.1) is 16.0 Å². The molecule has 0 aliphatic rings. The molecule has 3 aromatic rings. The lowest BCUT2D eigenvalue weighted by molar-refractivity contribution is -0.113. The molecule has 6 nitrogen and oxygen atoms in total. The largest absolute Gasteiger partial charge is 0.334 e. The van der Waals surface area contributed by atoms with Crippen molar-refractivity contribution in [2.75, 3.05) is 22.9 Å². The summed E-state index contributed by atoms with van der Waals surface area (Å²) in [5, 5.41) is 8.16. The maximum Gasteiger partial charge on any atom is 0.319 e. The molecule has 0 unspecified atom stereocenters. The number of thiazole rings is 1. The van der Waals surface area contributed by atoms with Crippen molar-refractivity contribution in [3.8, 4) is 0 Å². The van der Waals surface area contributed by atoms with Crippen LogP contribution in [0.2, 0.25) is 0 Å². The SMILES string of the molecule is C=CCNC(=O)Nc1ccc(NC(=O)CSc2nc3ccccc3s2)cc1. The molecular formula is C19H18N4O2S2. The molecule has 0 radical (unpaired) electrons. The Morgan fingerprint density at radius 3 is 2.48 bits per heavy atom. The Labute approximate surface area is 165 Å². The second kappa shape index (κ2) is 9.20. The average Bonchev–Trinajstić information content (AvgIpc) is 3.09. The summed E-state index contributed by atoms with van der Waals surface area (Å²) in [6.45, 7) is 3.93. The van der Waals surface area contributed by atoms with Crippen LogP contribution in [0.4, 0.5) is 16.2 Å². The Kier molecular flexibility index (Phi) is 6.45. The zero-order chi connectivity index (χ0) is 19.1. The third-order valence-electron chi connectivity index (χ3n) is 3.43. The Morgan fingerprint density at radius 1 is 1.07 bits per heavy atom. The monoisotopic (exact) mass is 398 g/mol. The number of carbonyl (C=O) groups excluding carboxylic acids is 2. The Hall–Kier alpha value is -2.84. The van der Waals surface area contributed by atoms with Gasteiger partial charge in [-0.15, -0.1) is 17.9 Å². The van der Waals surface area contributed by atoms with Crippen molar-refractivity contribution in [1.82, 2.24) is 10.3 Å². The van der Waals surface area contributed by atoms with Crippen molar-refractivity contribution in [1.29, 1.82) is 0 Å². The summed E-state index contributed by atoms with van der Waals surface area (Å²) in [4.78, 5) is 28.2. The van der Waals surface area contributed by atoms with Crippen LogP contribution in [-0.4, -0.2) is 29.2 Å². The minimum absolute atomic E-state index is 0.108. The van der Waals surface area contributed by atoms with Gasteiger partial charge in [0, 0.05) is 17.9 Å². The second-order valence-electron chi connectivity index (χ2n) is 5.49. The summed E-state index contributed by atoms with van der Waals surface area (Å²) < 4.78 is 1.98. The Balaban J connectivity index is 1.48. The summed E-state index contributed by atoms with van der Waals surface area (Å²) >= 11 is 2.99. The standard InChI is InChI=1S/C19H18N4O2S2/c1-2-11-20-18(25)22-14-9-7-13(8-10-14)21-17(24)12-26-19-23-15-5-3-4-6-16(15)27-19/h2-10H,1,11-12H2,(H,21,24)(H2,20,22,25). The van der Waals surface area contributed by atoms with Gasteiger partial charge in [-0.05, 0) is 36.4 Å².